The number of hydrogen-bond donors (Lipinski definition) is 2. The van der Waals surface area contributed by atoms with Gasteiger partial charge in [0.15, 0.2) is 0 Å². The molecule has 3 aromatic rings. The molecule has 3 amide bonds. The summed E-state index contributed by atoms with van der Waals surface area (Å²) in [5.41, 5.74) is 2.27. The van der Waals surface area contributed by atoms with E-state index in [0.29, 0.717) is 19.4 Å². The summed E-state index contributed by atoms with van der Waals surface area (Å²) in [6.45, 7) is 9.31. The summed E-state index contributed by atoms with van der Waals surface area (Å²) >= 11 is 0. The van der Waals surface area contributed by atoms with Gasteiger partial charge in [-0.3, -0.25) is 19.3 Å². The van der Waals surface area contributed by atoms with E-state index < -0.39 is 35.6 Å². The molecule has 0 bridgehead atoms. The zero-order valence-corrected chi connectivity index (χ0v) is 25.8. The summed E-state index contributed by atoms with van der Waals surface area (Å²) in [6.07, 6.45) is 2.75. The van der Waals surface area contributed by atoms with Crippen LogP contribution in [0.25, 0.3) is 10.8 Å². The quantitative estimate of drug-likeness (QED) is 0.428. The van der Waals surface area contributed by atoms with Crippen molar-refractivity contribution in [2.24, 2.45) is 5.92 Å². The summed E-state index contributed by atoms with van der Waals surface area (Å²) in [5.74, 6) is -1.67. The largest absolute Gasteiger partial charge is 0.444 e. The minimum Gasteiger partial charge on any atom is -0.444 e. The number of carbonyl (C=O) groups excluding carboxylic acids is 4. The molecule has 0 radical (unpaired) electrons. The van der Waals surface area contributed by atoms with Crippen molar-refractivity contribution >= 4 is 34.5 Å². The molecule has 0 saturated carbocycles. The van der Waals surface area contributed by atoms with Crippen LogP contribution < -0.4 is 10.6 Å². The van der Waals surface area contributed by atoms with Crippen molar-refractivity contribution in [3.63, 3.8) is 0 Å². The summed E-state index contributed by atoms with van der Waals surface area (Å²) in [6, 6.07) is 14.8. The van der Waals surface area contributed by atoms with Crippen LogP contribution in [0.5, 0.6) is 0 Å². The standard InChI is InChI=1S/C34H42N4O5/c1-20(24-12-11-22-9-7-8-10-25(22)17-24)35-32(41)26-18-28(39)29-27(14-13-23-15-16-38(19-26)30(23)29)36-31(40)21(2)37(6)33(42)43-34(3,4)5/h7-12,15-17,20-21,26-27,29H,13-14,18-19H2,1-6H3,(H,35,41)(H,36,40). The number of rotatable bonds is 6. The van der Waals surface area contributed by atoms with Crippen molar-refractivity contribution in [3.8, 4) is 0 Å². The second kappa shape index (κ2) is 11.9. The average molecular weight is 587 g/mol. The number of benzene rings is 2. The maximum absolute atomic E-state index is 13.8. The van der Waals surface area contributed by atoms with Gasteiger partial charge in [-0.1, -0.05) is 36.4 Å². The fraction of sp³-hybridized carbons (Fsp3) is 0.471. The van der Waals surface area contributed by atoms with Crippen molar-refractivity contribution in [2.45, 2.75) is 90.1 Å². The van der Waals surface area contributed by atoms with Gasteiger partial charge in [-0.15, -0.1) is 0 Å². The third kappa shape index (κ3) is 6.45. The van der Waals surface area contributed by atoms with Crippen LogP contribution >= 0.6 is 0 Å². The predicted octanol–water partition coefficient (Wildman–Crippen LogP) is 4.88. The molecule has 0 spiro atoms. The third-order valence-corrected chi connectivity index (χ3v) is 8.70. The van der Waals surface area contributed by atoms with Gasteiger partial charge in [-0.05, 0) is 81.5 Å². The Morgan fingerprint density at radius 1 is 1.05 bits per heavy atom. The zero-order chi connectivity index (χ0) is 31.1. The lowest BCUT2D eigenvalue weighted by atomic mass is 9.79. The molecule has 5 atom stereocenters. The first kappa shape index (κ1) is 30.3. The van der Waals surface area contributed by atoms with Crippen LogP contribution in [0, 0.1) is 5.92 Å². The van der Waals surface area contributed by atoms with E-state index in [1.165, 1.54) is 11.9 Å². The van der Waals surface area contributed by atoms with Crippen LogP contribution in [0.3, 0.4) is 0 Å². The fourth-order valence-electron chi connectivity index (χ4n) is 6.19. The number of fused-ring (bicyclic) bond motifs is 1. The minimum atomic E-state index is -0.793. The Morgan fingerprint density at radius 3 is 2.49 bits per heavy atom. The Labute approximate surface area is 252 Å². The molecule has 0 fully saturated rings. The smallest absolute Gasteiger partial charge is 0.410 e. The van der Waals surface area contributed by atoms with E-state index >= 15 is 0 Å². The molecule has 2 N–H and O–H groups in total. The molecule has 1 aliphatic carbocycles. The average Bonchev–Trinajstić information content (AvgIpc) is 3.29. The summed E-state index contributed by atoms with van der Waals surface area (Å²) in [4.78, 5) is 54.5. The number of hydrogen-bond acceptors (Lipinski definition) is 5. The highest BCUT2D eigenvalue weighted by Crippen LogP contribution is 2.38. The van der Waals surface area contributed by atoms with Gasteiger partial charge in [0, 0.05) is 37.9 Å². The van der Waals surface area contributed by atoms with Gasteiger partial charge in [0.25, 0.3) is 0 Å². The molecule has 2 aromatic carbocycles. The molecule has 5 unspecified atom stereocenters. The lowest BCUT2D eigenvalue weighted by molar-refractivity contribution is -0.131. The number of aromatic nitrogens is 1. The predicted molar refractivity (Wildman–Crippen MR) is 165 cm³/mol. The highest BCUT2D eigenvalue weighted by Gasteiger charge is 2.43. The Bertz CT molecular complexity index is 1550. The monoisotopic (exact) mass is 586 g/mol. The summed E-state index contributed by atoms with van der Waals surface area (Å²) in [7, 11) is 1.53. The lowest BCUT2D eigenvalue weighted by Gasteiger charge is -2.34. The first-order chi connectivity index (χ1) is 20.3. The fourth-order valence-corrected chi connectivity index (χ4v) is 6.19. The van der Waals surface area contributed by atoms with E-state index in [-0.39, 0.29) is 30.1 Å². The van der Waals surface area contributed by atoms with Gasteiger partial charge < -0.3 is 19.9 Å². The van der Waals surface area contributed by atoms with Crippen LogP contribution in [-0.4, -0.2) is 57.9 Å². The molecule has 2 heterocycles. The molecule has 9 heteroatoms. The molecule has 9 nitrogen and oxygen atoms in total. The maximum Gasteiger partial charge on any atom is 0.410 e. The molecule has 2 aliphatic rings. The van der Waals surface area contributed by atoms with E-state index in [4.69, 9.17) is 4.74 Å². The minimum absolute atomic E-state index is 0.0599. The maximum atomic E-state index is 13.8. The molecular formula is C34H42N4O5. The second-order valence-electron chi connectivity index (χ2n) is 13.0. The highest BCUT2D eigenvalue weighted by molar-refractivity contribution is 5.93. The van der Waals surface area contributed by atoms with E-state index in [1.54, 1.807) is 27.7 Å². The molecule has 0 saturated heterocycles. The van der Waals surface area contributed by atoms with Crippen LogP contribution in [0.15, 0.2) is 54.7 Å². The number of nitrogens with zero attached hydrogens (tertiary/aromatic N) is 2. The second-order valence-corrected chi connectivity index (χ2v) is 13.0. The van der Waals surface area contributed by atoms with Crippen LogP contribution in [0.2, 0.25) is 0 Å². The van der Waals surface area contributed by atoms with Gasteiger partial charge in [0.05, 0.1) is 17.9 Å². The van der Waals surface area contributed by atoms with Crippen LogP contribution in [0.4, 0.5) is 4.79 Å². The normalized spacial score (nSPS) is 21.3. The summed E-state index contributed by atoms with van der Waals surface area (Å²) < 4.78 is 7.44. The van der Waals surface area contributed by atoms with Gasteiger partial charge in [0.1, 0.15) is 17.4 Å². The van der Waals surface area contributed by atoms with Gasteiger partial charge in [0.2, 0.25) is 11.8 Å². The Morgan fingerprint density at radius 2 is 1.77 bits per heavy atom. The van der Waals surface area contributed by atoms with Gasteiger partial charge in [-0.25, -0.2) is 4.79 Å². The van der Waals surface area contributed by atoms with E-state index in [0.717, 1.165) is 27.6 Å². The molecular weight excluding hydrogens is 544 g/mol. The van der Waals surface area contributed by atoms with Gasteiger partial charge >= 0.3 is 6.09 Å². The van der Waals surface area contributed by atoms with Crippen molar-refractivity contribution in [1.82, 2.24) is 20.1 Å². The molecule has 5 rings (SSSR count). The van der Waals surface area contributed by atoms with Crippen LogP contribution in [0.1, 0.15) is 76.2 Å². The molecule has 1 aliphatic heterocycles. The number of carbonyl (C=O) groups is 4. The number of amides is 3. The van der Waals surface area contributed by atoms with Crippen LogP contribution in [-0.2, 0) is 32.1 Å². The van der Waals surface area contributed by atoms with Crippen molar-refractivity contribution < 1.29 is 23.9 Å². The number of Topliss-reactive ketones (excluding diaryl/α,β-unsaturated/α-hetero) is 1. The topological polar surface area (TPSA) is 110 Å². The lowest BCUT2D eigenvalue weighted by Crippen LogP contribution is -2.52. The van der Waals surface area contributed by atoms with Gasteiger partial charge in [-0.2, -0.15) is 0 Å². The first-order valence-electron chi connectivity index (χ1n) is 15.1. The number of ether oxygens (including phenoxy) is 1. The van der Waals surface area contributed by atoms with E-state index in [1.807, 2.05) is 42.0 Å². The van der Waals surface area contributed by atoms with E-state index in [2.05, 4.69) is 34.9 Å². The third-order valence-electron chi connectivity index (χ3n) is 8.70. The Hall–Kier alpha value is -4.14. The molecule has 43 heavy (non-hydrogen) atoms. The number of likely N-dealkylation sites (N-methyl/N-ethyl adjacent to an activating group) is 1. The Balaban J connectivity index is 1.29. The van der Waals surface area contributed by atoms with Crippen molar-refractivity contribution in [1.29, 1.82) is 0 Å². The molecule has 1 aromatic heterocycles. The van der Waals surface area contributed by atoms with Crippen molar-refractivity contribution in [3.05, 3.63) is 71.5 Å². The number of aryl methyl sites for hydroxylation is 1. The Kier molecular flexibility index (Phi) is 8.36. The van der Waals surface area contributed by atoms with E-state index in [9.17, 15) is 19.2 Å². The highest BCUT2D eigenvalue weighted by atomic mass is 16.6. The first-order valence-corrected chi connectivity index (χ1v) is 15.1. The SMILES string of the molecule is CC(NC(=O)C1CC(=O)C2c3c(ccn3C1)CCC2NC(=O)C(C)N(C)C(=O)OC(C)(C)C)c1ccc2ccccc2c1. The van der Waals surface area contributed by atoms with Crippen molar-refractivity contribution in [2.75, 3.05) is 7.05 Å². The number of ketones is 1. The summed E-state index contributed by atoms with van der Waals surface area (Å²) in [5, 5.41) is 8.44. The zero-order valence-electron chi connectivity index (χ0n) is 25.8. The number of nitrogens with one attached hydrogen (secondary N) is 2. The molecule has 228 valence electrons.